The lowest BCUT2D eigenvalue weighted by Crippen LogP contribution is -2.42. The quantitative estimate of drug-likeness (QED) is 0.871. The zero-order valence-corrected chi connectivity index (χ0v) is 11.8. The summed E-state index contributed by atoms with van der Waals surface area (Å²) in [6.07, 6.45) is 1.29. The van der Waals surface area contributed by atoms with Crippen LogP contribution in [0.25, 0.3) is 0 Å². The highest BCUT2D eigenvalue weighted by Crippen LogP contribution is 2.26. The molecule has 19 heavy (non-hydrogen) atoms. The highest BCUT2D eigenvalue weighted by Gasteiger charge is 2.28. The summed E-state index contributed by atoms with van der Waals surface area (Å²) in [7, 11) is 0. The van der Waals surface area contributed by atoms with Crippen LogP contribution in [0, 0.1) is 5.92 Å². The molecule has 5 nitrogen and oxygen atoms in total. The molecule has 1 saturated heterocycles. The maximum atomic E-state index is 12.2. The first-order valence-electron chi connectivity index (χ1n) is 5.99. The number of hydrogen-bond donors (Lipinski definition) is 2. The monoisotopic (exact) mass is 327 g/mol. The van der Waals surface area contributed by atoms with Gasteiger partial charge >= 0.3 is 5.97 Å². The van der Waals surface area contributed by atoms with Crippen molar-refractivity contribution in [2.75, 3.05) is 13.1 Å². The minimum absolute atomic E-state index is 0.00218. The Kier molecular flexibility index (Phi) is 4.09. The molecule has 1 atom stereocenters. The predicted octanol–water partition coefficient (Wildman–Crippen LogP) is 2.09. The summed E-state index contributed by atoms with van der Waals surface area (Å²) in [6.45, 7) is 0.782. The van der Waals surface area contributed by atoms with Crippen molar-refractivity contribution >= 4 is 27.8 Å². The zero-order chi connectivity index (χ0) is 14.0. The predicted molar refractivity (Wildman–Crippen MR) is 72.1 cm³/mol. The second-order valence-corrected chi connectivity index (χ2v) is 5.45. The summed E-state index contributed by atoms with van der Waals surface area (Å²) in [4.78, 5) is 24.7. The molecule has 1 heterocycles. The van der Waals surface area contributed by atoms with Crippen molar-refractivity contribution in [2.45, 2.75) is 12.8 Å². The van der Waals surface area contributed by atoms with Gasteiger partial charge in [0.15, 0.2) is 0 Å². The molecule has 1 unspecified atom stereocenters. The number of likely N-dealkylation sites (tertiary alicyclic amines) is 1. The van der Waals surface area contributed by atoms with Crippen LogP contribution in [0.5, 0.6) is 5.75 Å². The van der Waals surface area contributed by atoms with Gasteiger partial charge in [0, 0.05) is 18.7 Å². The molecule has 0 aliphatic carbocycles. The van der Waals surface area contributed by atoms with Crippen LogP contribution in [-0.2, 0) is 4.79 Å². The molecule has 0 saturated carbocycles. The van der Waals surface area contributed by atoms with Crippen molar-refractivity contribution in [3.05, 3.63) is 28.2 Å². The SMILES string of the molecule is O=C(O)C1CCCN(C(=O)c2ccc(Br)c(O)c2)C1. The molecule has 1 amide bonds. The van der Waals surface area contributed by atoms with E-state index in [0.29, 0.717) is 29.4 Å². The number of aromatic hydroxyl groups is 1. The highest BCUT2D eigenvalue weighted by atomic mass is 79.9. The lowest BCUT2D eigenvalue weighted by molar-refractivity contribution is -0.143. The number of aliphatic carboxylic acids is 1. The van der Waals surface area contributed by atoms with E-state index in [1.165, 1.54) is 11.0 Å². The first-order valence-corrected chi connectivity index (χ1v) is 6.79. The van der Waals surface area contributed by atoms with Crippen LogP contribution in [0.1, 0.15) is 23.2 Å². The Hall–Kier alpha value is -1.56. The van der Waals surface area contributed by atoms with Crippen LogP contribution in [0.15, 0.2) is 22.7 Å². The Morgan fingerprint density at radius 2 is 2.11 bits per heavy atom. The Morgan fingerprint density at radius 1 is 1.37 bits per heavy atom. The first-order chi connectivity index (χ1) is 8.99. The van der Waals surface area contributed by atoms with E-state index in [4.69, 9.17) is 5.11 Å². The van der Waals surface area contributed by atoms with Gasteiger partial charge < -0.3 is 15.1 Å². The molecule has 0 bridgehead atoms. The zero-order valence-electron chi connectivity index (χ0n) is 10.2. The number of carboxylic acid groups (broad SMARTS) is 1. The summed E-state index contributed by atoms with van der Waals surface area (Å²) >= 11 is 3.15. The topological polar surface area (TPSA) is 77.8 Å². The van der Waals surface area contributed by atoms with Crippen LogP contribution in [-0.4, -0.2) is 40.1 Å². The van der Waals surface area contributed by atoms with Crippen LogP contribution in [0.4, 0.5) is 0 Å². The number of piperidine rings is 1. The molecule has 2 N–H and O–H groups in total. The minimum atomic E-state index is -0.865. The van der Waals surface area contributed by atoms with E-state index in [-0.39, 0.29) is 18.2 Å². The normalized spacial score (nSPS) is 19.2. The molecule has 102 valence electrons. The maximum absolute atomic E-state index is 12.2. The molecule has 1 aliphatic heterocycles. The Morgan fingerprint density at radius 3 is 2.74 bits per heavy atom. The second kappa shape index (κ2) is 5.61. The Labute approximate surface area is 119 Å². The van der Waals surface area contributed by atoms with Gasteiger partial charge in [-0.15, -0.1) is 0 Å². The van der Waals surface area contributed by atoms with Crippen molar-refractivity contribution in [3.63, 3.8) is 0 Å². The van der Waals surface area contributed by atoms with Crippen LogP contribution >= 0.6 is 15.9 Å². The summed E-state index contributed by atoms with van der Waals surface area (Å²) in [6, 6.07) is 4.59. The second-order valence-electron chi connectivity index (χ2n) is 4.59. The average Bonchev–Trinajstić information content (AvgIpc) is 2.41. The number of nitrogens with zero attached hydrogens (tertiary/aromatic N) is 1. The van der Waals surface area contributed by atoms with E-state index in [1.54, 1.807) is 12.1 Å². The van der Waals surface area contributed by atoms with Crippen molar-refractivity contribution in [2.24, 2.45) is 5.92 Å². The molecular formula is C13H14BrNO4. The van der Waals surface area contributed by atoms with Gasteiger partial charge in [0.25, 0.3) is 5.91 Å². The van der Waals surface area contributed by atoms with Crippen LogP contribution in [0.3, 0.4) is 0 Å². The molecule has 0 spiro atoms. The number of amides is 1. The van der Waals surface area contributed by atoms with Crippen molar-refractivity contribution in [3.8, 4) is 5.75 Å². The summed E-state index contributed by atoms with van der Waals surface area (Å²) in [5.74, 6) is -1.61. The van der Waals surface area contributed by atoms with Crippen molar-refractivity contribution < 1.29 is 19.8 Å². The largest absolute Gasteiger partial charge is 0.507 e. The third-order valence-corrected chi connectivity index (χ3v) is 3.92. The van der Waals surface area contributed by atoms with E-state index in [2.05, 4.69) is 15.9 Å². The number of halogens is 1. The molecular weight excluding hydrogens is 314 g/mol. The van der Waals surface area contributed by atoms with Crippen molar-refractivity contribution in [1.82, 2.24) is 4.90 Å². The fourth-order valence-electron chi connectivity index (χ4n) is 2.19. The van der Waals surface area contributed by atoms with Crippen molar-refractivity contribution in [1.29, 1.82) is 0 Å². The lowest BCUT2D eigenvalue weighted by Gasteiger charge is -2.30. The average molecular weight is 328 g/mol. The van der Waals surface area contributed by atoms with Gasteiger partial charge in [-0.25, -0.2) is 0 Å². The van der Waals surface area contributed by atoms with Gasteiger partial charge in [-0.05, 0) is 47.0 Å². The van der Waals surface area contributed by atoms with Crippen LogP contribution < -0.4 is 0 Å². The fourth-order valence-corrected chi connectivity index (χ4v) is 2.44. The summed E-state index contributed by atoms with van der Waals surface area (Å²) < 4.78 is 0.520. The van der Waals surface area contributed by atoms with E-state index < -0.39 is 11.9 Å². The number of benzene rings is 1. The molecule has 6 heteroatoms. The maximum Gasteiger partial charge on any atom is 0.308 e. The van der Waals surface area contributed by atoms with Gasteiger partial charge in [0.05, 0.1) is 10.4 Å². The molecule has 1 aromatic rings. The standard InChI is InChI=1S/C13H14BrNO4/c14-10-4-3-8(6-11(10)16)12(17)15-5-1-2-9(7-15)13(18)19/h3-4,6,9,16H,1-2,5,7H2,(H,18,19). The van der Waals surface area contributed by atoms with Gasteiger partial charge in [-0.2, -0.15) is 0 Å². The number of rotatable bonds is 2. The number of carbonyl (C=O) groups is 2. The van der Waals surface area contributed by atoms with Crippen LogP contribution in [0.2, 0.25) is 0 Å². The lowest BCUT2D eigenvalue weighted by atomic mass is 9.97. The van der Waals surface area contributed by atoms with E-state index in [1.807, 2.05) is 0 Å². The number of phenolic OH excluding ortho intramolecular Hbond substituents is 1. The van der Waals surface area contributed by atoms with E-state index in [0.717, 1.165) is 0 Å². The molecule has 1 aliphatic rings. The summed E-state index contributed by atoms with van der Waals surface area (Å²) in [5.41, 5.74) is 0.367. The molecule has 1 fully saturated rings. The number of carbonyl (C=O) groups excluding carboxylic acids is 1. The smallest absolute Gasteiger partial charge is 0.308 e. The third-order valence-electron chi connectivity index (χ3n) is 3.25. The van der Waals surface area contributed by atoms with E-state index >= 15 is 0 Å². The number of carboxylic acids is 1. The fraction of sp³-hybridized carbons (Fsp3) is 0.385. The van der Waals surface area contributed by atoms with Gasteiger partial charge in [0.1, 0.15) is 5.75 Å². The molecule has 0 radical (unpaired) electrons. The number of phenols is 1. The minimum Gasteiger partial charge on any atom is -0.507 e. The van der Waals surface area contributed by atoms with E-state index in [9.17, 15) is 14.7 Å². The summed E-state index contributed by atoms with van der Waals surface area (Å²) in [5, 5.41) is 18.6. The first kappa shape index (κ1) is 13.9. The third kappa shape index (κ3) is 3.07. The van der Waals surface area contributed by atoms with Gasteiger partial charge in [-0.1, -0.05) is 0 Å². The Bertz CT molecular complexity index is 517. The Balaban J connectivity index is 2.14. The number of hydrogen-bond acceptors (Lipinski definition) is 3. The van der Waals surface area contributed by atoms with Gasteiger partial charge in [0.2, 0.25) is 0 Å². The highest BCUT2D eigenvalue weighted by molar-refractivity contribution is 9.10. The molecule has 2 rings (SSSR count). The molecule has 1 aromatic carbocycles. The van der Waals surface area contributed by atoms with Gasteiger partial charge in [-0.3, -0.25) is 9.59 Å². The molecule has 0 aromatic heterocycles.